The summed E-state index contributed by atoms with van der Waals surface area (Å²) in [6.07, 6.45) is 24.2. The number of carbonyl (C=O) groups is 1. The predicted molar refractivity (Wildman–Crippen MR) is 96.3 cm³/mol. The summed E-state index contributed by atoms with van der Waals surface area (Å²) in [5.41, 5.74) is 0. The van der Waals surface area contributed by atoms with Gasteiger partial charge in [-0.1, -0.05) is 89.7 Å². The summed E-state index contributed by atoms with van der Waals surface area (Å²) in [4.78, 5) is 10.4. The maximum atomic E-state index is 10.4. The van der Waals surface area contributed by atoms with Crippen LogP contribution in [0.5, 0.6) is 0 Å². The van der Waals surface area contributed by atoms with E-state index in [1.165, 1.54) is 83.5 Å². The standard InChI is InChI=1S/C20H38O2/c1-2-3-4-5-6-7-8-9-10-11-12-13-14-15-16-17-18-19-20(21)22/h4-5H,2-3,6-19H2,1H3,(H,21,22)/b5-4-. The lowest BCUT2D eigenvalue weighted by molar-refractivity contribution is -0.137. The first kappa shape index (κ1) is 21.2. The molecule has 0 atom stereocenters. The van der Waals surface area contributed by atoms with Gasteiger partial charge in [0.2, 0.25) is 0 Å². The number of hydrogen-bond donors (Lipinski definition) is 1. The van der Waals surface area contributed by atoms with Gasteiger partial charge in [0.1, 0.15) is 0 Å². The third-order valence-corrected chi connectivity index (χ3v) is 4.13. The van der Waals surface area contributed by atoms with Crippen LogP contribution < -0.4 is 0 Å². The van der Waals surface area contributed by atoms with Gasteiger partial charge in [-0.05, 0) is 25.7 Å². The Morgan fingerprint density at radius 3 is 1.55 bits per heavy atom. The van der Waals surface area contributed by atoms with Gasteiger partial charge >= 0.3 is 5.97 Å². The highest BCUT2D eigenvalue weighted by Gasteiger charge is 1.96. The van der Waals surface area contributed by atoms with E-state index < -0.39 is 5.97 Å². The van der Waals surface area contributed by atoms with E-state index in [0.717, 1.165) is 12.8 Å². The topological polar surface area (TPSA) is 37.3 Å². The Kier molecular flexibility index (Phi) is 17.6. The van der Waals surface area contributed by atoms with Crippen LogP contribution in [0.15, 0.2) is 12.2 Å². The molecule has 0 aliphatic carbocycles. The van der Waals surface area contributed by atoms with E-state index in [4.69, 9.17) is 5.11 Å². The molecule has 0 aromatic heterocycles. The van der Waals surface area contributed by atoms with Crippen molar-refractivity contribution in [2.75, 3.05) is 0 Å². The first-order valence-electron chi connectivity index (χ1n) is 9.64. The largest absolute Gasteiger partial charge is 0.481 e. The van der Waals surface area contributed by atoms with Crippen molar-refractivity contribution in [2.24, 2.45) is 0 Å². The number of aliphatic carboxylic acids is 1. The maximum Gasteiger partial charge on any atom is 0.303 e. The lowest BCUT2D eigenvalue weighted by Gasteiger charge is -2.02. The summed E-state index contributed by atoms with van der Waals surface area (Å²) in [6, 6.07) is 0. The Hall–Kier alpha value is -0.790. The molecule has 1 N–H and O–H groups in total. The zero-order valence-corrected chi connectivity index (χ0v) is 14.8. The van der Waals surface area contributed by atoms with E-state index in [1.807, 2.05) is 0 Å². The second kappa shape index (κ2) is 18.3. The van der Waals surface area contributed by atoms with Gasteiger partial charge in [-0.15, -0.1) is 0 Å². The summed E-state index contributed by atoms with van der Waals surface area (Å²) in [6.45, 7) is 2.23. The molecule has 0 saturated heterocycles. The summed E-state index contributed by atoms with van der Waals surface area (Å²) in [5.74, 6) is -0.656. The number of rotatable bonds is 17. The van der Waals surface area contributed by atoms with Crippen molar-refractivity contribution in [1.29, 1.82) is 0 Å². The van der Waals surface area contributed by atoms with Gasteiger partial charge in [0.15, 0.2) is 0 Å². The first-order chi connectivity index (χ1) is 10.8. The van der Waals surface area contributed by atoms with Crippen LogP contribution in [-0.2, 0) is 4.79 Å². The Bertz CT molecular complexity index is 258. The van der Waals surface area contributed by atoms with Crippen molar-refractivity contribution >= 4 is 5.97 Å². The van der Waals surface area contributed by atoms with Crippen molar-refractivity contribution in [3.63, 3.8) is 0 Å². The van der Waals surface area contributed by atoms with Crippen LogP contribution >= 0.6 is 0 Å². The molecule has 0 aromatic carbocycles. The minimum atomic E-state index is -0.656. The average Bonchev–Trinajstić information content (AvgIpc) is 2.50. The van der Waals surface area contributed by atoms with Crippen LogP contribution in [-0.4, -0.2) is 11.1 Å². The second-order valence-electron chi connectivity index (χ2n) is 6.44. The fourth-order valence-corrected chi connectivity index (χ4v) is 2.71. The van der Waals surface area contributed by atoms with Crippen molar-refractivity contribution in [2.45, 2.75) is 110 Å². The number of allylic oxidation sites excluding steroid dienone is 2. The van der Waals surface area contributed by atoms with Gasteiger partial charge in [0.25, 0.3) is 0 Å². The molecule has 0 unspecified atom stereocenters. The molecule has 0 aliphatic heterocycles. The van der Waals surface area contributed by atoms with Gasteiger partial charge < -0.3 is 5.11 Å². The lowest BCUT2D eigenvalue weighted by Crippen LogP contribution is -1.93. The van der Waals surface area contributed by atoms with Gasteiger partial charge in [0, 0.05) is 6.42 Å². The quantitative estimate of drug-likeness (QED) is 0.234. The van der Waals surface area contributed by atoms with Crippen LogP contribution in [0.3, 0.4) is 0 Å². The molecule has 130 valence electrons. The van der Waals surface area contributed by atoms with E-state index >= 15 is 0 Å². The second-order valence-corrected chi connectivity index (χ2v) is 6.44. The zero-order chi connectivity index (χ0) is 16.3. The molecule has 0 heterocycles. The third-order valence-electron chi connectivity index (χ3n) is 4.13. The maximum absolute atomic E-state index is 10.4. The molecule has 2 nitrogen and oxygen atoms in total. The predicted octanol–water partition coefficient (Wildman–Crippen LogP) is 6.89. The van der Waals surface area contributed by atoms with E-state index in [1.54, 1.807) is 0 Å². The van der Waals surface area contributed by atoms with E-state index in [-0.39, 0.29) is 0 Å². The fourth-order valence-electron chi connectivity index (χ4n) is 2.71. The lowest BCUT2D eigenvalue weighted by atomic mass is 10.0. The molecule has 0 amide bonds. The van der Waals surface area contributed by atoms with Gasteiger partial charge in [-0.25, -0.2) is 0 Å². The molecule has 0 spiro atoms. The van der Waals surface area contributed by atoms with Crippen molar-refractivity contribution < 1.29 is 9.90 Å². The van der Waals surface area contributed by atoms with E-state index in [0.29, 0.717) is 6.42 Å². The average molecular weight is 311 g/mol. The highest BCUT2D eigenvalue weighted by molar-refractivity contribution is 5.66. The zero-order valence-electron chi connectivity index (χ0n) is 14.8. The van der Waals surface area contributed by atoms with Crippen LogP contribution in [0.25, 0.3) is 0 Å². The van der Waals surface area contributed by atoms with Crippen molar-refractivity contribution in [3.8, 4) is 0 Å². The third kappa shape index (κ3) is 19.2. The first-order valence-corrected chi connectivity index (χ1v) is 9.64. The molecule has 2 heteroatoms. The summed E-state index contributed by atoms with van der Waals surface area (Å²) in [7, 11) is 0. The van der Waals surface area contributed by atoms with Gasteiger partial charge in [-0.3, -0.25) is 4.79 Å². The van der Waals surface area contributed by atoms with Crippen LogP contribution in [0.2, 0.25) is 0 Å². The van der Waals surface area contributed by atoms with E-state index in [9.17, 15) is 4.79 Å². The molecule has 0 bridgehead atoms. The fraction of sp³-hybridized carbons (Fsp3) is 0.850. The molecule has 0 rings (SSSR count). The molecule has 0 aliphatic rings. The monoisotopic (exact) mass is 310 g/mol. The summed E-state index contributed by atoms with van der Waals surface area (Å²) >= 11 is 0. The molecule has 0 radical (unpaired) electrons. The van der Waals surface area contributed by atoms with E-state index in [2.05, 4.69) is 19.1 Å². The SMILES string of the molecule is CCC/C=C\CCCCCCCCCCCCCCC(=O)O. The highest BCUT2D eigenvalue weighted by atomic mass is 16.4. The Morgan fingerprint density at radius 2 is 1.09 bits per heavy atom. The molecule has 0 aromatic rings. The van der Waals surface area contributed by atoms with Crippen LogP contribution in [0, 0.1) is 0 Å². The Balaban J connectivity index is 3.01. The molecular formula is C20H38O2. The number of unbranched alkanes of at least 4 members (excludes halogenated alkanes) is 13. The van der Waals surface area contributed by atoms with Crippen molar-refractivity contribution in [1.82, 2.24) is 0 Å². The van der Waals surface area contributed by atoms with Crippen molar-refractivity contribution in [3.05, 3.63) is 12.2 Å². The van der Waals surface area contributed by atoms with Gasteiger partial charge in [0.05, 0.1) is 0 Å². The van der Waals surface area contributed by atoms with Gasteiger partial charge in [-0.2, -0.15) is 0 Å². The Morgan fingerprint density at radius 1 is 0.682 bits per heavy atom. The minimum absolute atomic E-state index is 0.342. The number of carboxylic acids is 1. The molecule has 0 saturated carbocycles. The molecule has 0 fully saturated rings. The smallest absolute Gasteiger partial charge is 0.303 e. The van der Waals surface area contributed by atoms with Crippen LogP contribution in [0.1, 0.15) is 110 Å². The summed E-state index contributed by atoms with van der Waals surface area (Å²) < 4.78 is 0. The molecule has 22 heavy (non-hydrogen) atoms. The normalized spacial score (nSPS) is 11.3. The number of carboxylic acid groups (broad SMARTS) is 1. The highest BCUT2D eigenvalue weighted by Crippen LogP contribution is 2.13. The summed E-state index contributed by atoms with van der Waals surface area (Å²) in [5, 5.41) is 8.54. The number of hydrogen-bond acceptors (Lipinski definition) is 1. The van der Waals surface area contributed by atoms with Crippen LogP contribution in [0.4, 0.5) is 0 Å². The minimum Gasteiger partial charge on any atom is -0.481 e. The molecular weight excluding hydrogens is 272 g/mol. The Labute approximate surface area is 138 Å².